The number of carboxylic acid groups (broad SMARTS) is 1. The molecule has 24 heavy (non-hydrogen) atoms. The molecule has 0 fully saturated rings. The Labute approximate surface area is 141 Å². The fourth-order valence-electron chi connectivity index (χ4n) is 2.32. The van der Waals surface area contributed by atoms with E-state index in [1.54, 1.807) is 12.1 Å². The minimum absolute atomic E-state index is 0.0251. The molecule has 0 spiro atoms. The molecule has 1 aromatic heterocycles. The van der Waals surface area contributed by atoms with Crippen LogP contribution in [0.4, 0.5) is 5.69 Å². The molecule has 0 unspecified atom stereocenters. The van der Waals surface area contributed by atoms with E-state index in [-0.39, 0.29) is 17.0 Å². The van der Waals surface area contributed by atoms with Crippen molar-refractivity contribution in [2.45, 2.75) is 6.42 Å². The Morgan fingerprint density at radius 3 is 2.58 bits per heavy atom. The number of benzene rings is 2. The zero-order valence-corrected chi connectivity index (χ0v) is 13.2. The zero-order valence-electron chi connectivity index (χ0n) is 12.4. The topological polar surface area (TPSA) is 93.3 Å². The molecule has 0 saturated heterocycles. The molecule has 0 aliphatic rings. The number of rotatable bonds is 5. The van der Waals surface area contributed by atoms with Gasteiger partial charge in [-0.3, -0.25) is 10.1 Å². The molecule has 7 heteroatoms. The van der Waals surface area contributed by atoms with Gasteiger partial charge in [-0.1, -0.05) is 42.5 Å². The Hall–Kier alpha value is -3.06. The van der Waals surface area contributed by atoms with Gasteiger partial charge in [-0.15, -0.1) is 11.3 Å². The highest BCUT2D eigenvalue weighted by Crippen LogP contribution is 2.29. The zero-order chi connectivity index (χ0) is 17.1. The third-order valence-corrected chi connectivity index (χ3v) is 4.54. The number of hydrogen-bond acceptors (Lipinski definition) is 5. The summed E-state index contributed by atoms with van der Waals surface area (Å²) in [6.07, 6.45) is 0.229. The van der Waals surface area contributed by atoms with Crippen LogP contribution in [-0.4, -0.2) is 21.0 Å². The van der Waals surface area contributed by atoms with E-state index in [0.717, 1.165) is 16.9 Å². The second kappa shape index (κ2) is 6.59. The SMILES string of the molecule is O=C(O)c1sc(-c2ccccc2)nc1Cc1cccc([N+](=O)[O-])c1. The van der Waals surface area contributed by atoms with Gasteiger partial charge in [0.15, 0.2) is 0 Å². The van der Waals surface area contributed by atoms with Crippen molar-refractivity contribution in [1.29, 1.82) is 0 Å². The van der Waals surface area contributed by atoms with Crippen molar-refractivity contribution in [2.75, 3.05) is 0 Å². The van der Waals surface area contributed by atoms with E-state index in [1.165, 1.54) is 12.1 Å². The van der Waals surface area contributed by atoms with Gasteiger partial charge < -0.3 is 5.11 Å². The smallest absolute Gasteiger partial charge is 0.347 e. The Morgan fingerprint density at radius 2 is 1.92 bits per heavy atom. The van der Waals surface area contributed by atoms with Gasteiger partial charge in [0.25, 0.3) is 5.69 Å². The summed E-state index contributed by atoms with van der Waals surface area (Å²) in [5, 5.41) is 20.9. The molecule has 0 atom stereocenters. The van der Waals surface area contributed by atoms with Crippen LogP contribution < -0.4 is 0 Å². The van der Waals surface area contributed by atoms with Crippen LogP contribution in [0.25, 0.3) is 10.6 Å². The predicted molar refractivity (Wildman–Crippen MR) is 90.4 cm³/mol. The van der Waals surface area contributed by atoms with Crippen molar-refractivity contribution in [1.82, 2.24) is 4.98 Å². The molecule has 0 aliphatic carbocycles. The average Bonchev–Trinajstić information content (AvgIpc) is 3.00. The van der Waals surface area contributed by atoms with Crippen molar-refractivity contribution in [3.05, 3.63) is 80.8 Å². The van der Waals surface area contributed by atoms with E-state index in [4.69, 9.17) is 0 Å². The highest BCUT2D eigenvalue weighted by molar-refractivity contribution is 7.17. The van der Waals surface area contributed by atoms with E-state index in [9.17, 15) is 20.0 Å². The second-order valence-electron chi connectivity index (χ2n) is 5.07. The predicted octanol–water partition coefficient (Wildman–Crippen LogP) is 4.01. The third-order valence-electron chi connectivity index (χ3n) is 3.41. The molecule has 0 amide bonds. The van der Waals surface area contributed by atoms with E-state index >= 15 is 0 Å². The van der Waals surface area contributed by atoms with Crippen LogP contribution in [-0.2, 0) is 6.42 Å². The molecule has 1 heterocycles. The Morgan fingerprint density at radius 1 is 1.17 bits per heavy atom. The van der Waals surface area contributed by atoms with Crippen molar-refractivity contribution in [3.63, 3.8) is 0 Å². The summed E-state index contributed by atoms with van der Waals surface area (Å²) in [6, 6.07) is 15.5. The first-order valence-corrected chi connectivity index (χ1v) is 7.88. The van der Waals surface area contributed by atoms with Crippen molar-refractivity contribution < 1.29 is 14.8 Å². The fourth-order valence-corrected chi connectivity index (χ4v) is 3.24. The number of carbonyl (C=O) groups is 1. The lowest BCUT2D eigenvalue weighted by molar-refractivity contribution is -0.384. The molecule has 0 saturated carbocycles. The number of thiazole rings is 1. The normalized spacial score (nSPS) is 10.5. The van der Waals surface area contributed by atoms with Gasteiger partial charge >= 0.3 is 5.97 Å². The van der Waals surface area contributed by atoms with Gasteiger partial charge in [-0.05, 0) is 5.56 Å². The number of non-ortho nitro benzene ring substituents is 1. The summed E-state index contributed by atoms with van der Waals surface area (Å²) in [4.78, 5) is 26.5. The maximum atomic E-state index is 11.5. The van der Waals surface area contributed by atoms with E-state index in [0.29, 0.717) is 16.3 Å². The number of hydrogen-bond donors (Lipinski definition) is 1. The quantitative estimate of drug-likeness (QED) is 0.559. The summed E-state index contributed by atoms with van der Waals surface area (Å²) in [5.74, 6) is -1.05. The number of aromatic nitrogens is 1. The summed E-state index contributed by atoms with van der Waals surface area (Å²) in [6.45, 7) is 0. The first-order valence-electron chi connectivity index (χ1n) is 7.06. The lowest BCUT2D eigenvalue weighted by Gasteiger charge is -2.00. The lowest BCUT2D eigenvalue weighted by Crippen LogP contribution is -2.00. The van der Waals surface area contributed by atoms with Gasteiger partial charge in [0.05, 0.1) is 10.6 Å². The number of nitro benzene ring substituents is 1. The number of nitrogens with zero attached hydrogens (tertiary/aromatic N) is 2. The molecule has 0 aliphatic heterocycles. The number of carboxylic acids is 1. The van der Waals surface area contributed by atoms with Gasteiger partial charge in [-0.2, -0.15) is 0 Å². The van der Waals surface area contributed by atoms with Crippen LogP contribution in [0.2, 0.25) is 0 Å². The Kier molecular flexibility index (Phi) is 4.35. The van der Waals surface area contributed by atoms with E-state index < -0.39 is 10.9 Å². The first-order chi connectivity index (χ1) is 11.5. The molecule has 2 aromatic carbocycles. The molecule has 0 radical (unpaired) electrons. The number of aromatic carboxylic acids is 1. The molecule has 3 rings (SSSR count). The monoisotopic (exact) mass is 340 g/mol. The summed E-state index contributed by atoms with van der Waals surface area (Å²) < 4.78 is 0. The minimum atomic E-state index is -1.05. The van der Waals surface area contributed by atoms with Gasteiger partial charge in [0, 0.05) is 24.1 Å². The highest BCUT2D eigenvalue weighted by Gasteiger charge is 2.19. The Balaban J connectivity index is 1.98. The van der Waals surface area contributed by atoms with Crippen molar-refractivity contribution in [2.24, 2.45) is 0 Å². The lowest BCUT2D eigenvalue weighted by atomic mass is 10.1. The maximum Gasteiger partial charge on any atom is 0.347 e. The second-order valence-corrected chi connectivity index (χ2v) is 6.07. The maximum absolute atomic E-state index is 11.5. The number of nitro groups is 1. The van der Waals surface area contributed by atoms with Crippen LogP contribution >= 0.6 is 11.3 Å². The third kappa shape index (κ3) is 3.31. The standard InChI is InChI=1S/C17H12N2O4S/c20-17(21)15-14(10-11-5-4-8-13(9-11)19(22)23)18-16(24-15)12-6-2-1-3-7-12/h1-9H,10H2,(H,20,21). The van der Waals surface area contributed by atoms with Gasteiger partial charge in [-0.25, -0.2) is 9.78 Å². The van der Waals surface area contributed by atoms with E-state index in [2.05, 4.69) is 4.98 Å². The summed E-state index contributed by atoms with van der Waals surface area (Å²) >= 11 is 1.11. The van der Waals surface area contributed by atoms with Crippen LogP contribution in [0, 0.1) is 10.1 Å². The first kappa shape index (κ1) is 15.8. The van der Waals surface area contributed by atoms with Gasteiger partial charge in [0.1, 0.15) is 9.88 Å². The summed E-state index contributed by atoms with van der Waals surface area (Å²) in [5.41, 5.74) is 1.88. The van der Waals surface area contributed by atoms with Crippen LogP contribution in [0.1, 0.15) is 20.9 Å². The Bertz CT molecular complexity index is 906. The van der Waals surface area contributed by atoms with Crippen molar-refractivity contribution in [3.8, 4) is 10.6 Å². The minimum Gasteiger partial charge on any atom is -0.477 e. The van der Waals surface area contributed by atoms with Gasteiger partial charge in [0.2, 0.25) is 0 Å². The molecule has 6 nitrogen and oxygen atoms in total. The highest BCUT2D eigenvalue weighted by atomic mass is 32.1. The average molecular weight is 340 g/mol. The molecule has 3 aromatic rings. The molecular formula is C17H12N2O4S. The van der Waals surface area contributed by atoms with Crippen LogP contribution in [0.5, 0.6) is 0 Å². The van der Waals surface area contributed by atoms with Crippen LogP contribution in [0.3, 0.4) is 0 Å². The largest absolute Gasteiger partial charge is 0.477 e. The summed E-state index contributed by atoms with van der Waals surface area (Å²) in [7, 11) is 0. The molecule has 0 bridgehead atoms. The molecule has 1 N–H and O–H groups in total. The van der Waals surface area contributed by atoms with Crippen molar-refractivity contribution >= 4 is 23.0 Å². The molecular weight excluding hydrogens is 328 g/mol. The fraction of sp³-hybridized carbons (Fsp3) is 0.0588. The van der Waals surface area contributed by atoms with Crippen LogP contribution in [0.15, 0.2) is 54.6 Å². The van der Waals surface area contributed by atoms with E-state index in [1.807, 2.05) is 30.3 Å². The molecule has 120 valence electrons.